The van der Waals surface area contributed by atoms with E-state index in [1.807, 2.05) is 13.8 Å². The van der Waals surface area contributed by atoms with Crippen molar-refractivity contribution in [2.75, 3.05) is 11.5 Å². The molecular formula is C27H21N3O6S. The monoisotopic (exact) mass is 515 g/mol. The van der Waals surface area contributed by atoms with Crippen molar-refractivity contribution in [3.8, 4) is 5.75 Å². The summed E-state index contributed by atoms with van der Waals surface area (Å²) in [5.74, 6) is -1.50. The number of nitro groups is 1. The highest BCUT2D eigenvalue weighted by atomic mass is 32.1. The van der Waals surface area contributed by atoms with E-state index in [0.717, 1.165) is 10.3 Å². The summed E-state index contributed by atoms with van der Waals surface area (Å²) in [6.07, 6.45) is 0. The molecule has 1 amide bonds. The molecule has 1 aromatic heterocycles. The Labute approximate surface area is 215 Å². The summed E-state index contributed by atoms with van der Waals surface area (Å²) < 4.78 is 6.29. The number of amides is 1. The van der Waals surface area contributed by atoms with Crippen molar-refractivity contribution in [1.29, 1.82) is 0 Å². The zero-order chi connectivity index (χ0) is 26.3. The summed E-state index contributed by atoms with van der Waals surface area (Å²) in [6.45, 7) is 4.24. The van der Waals surface area contributed by atoms with Crippen LogP contribution in [0.15, 0.2) is 72.3 Å². The van der Waals surface area contributed by atoms with E-state index in [1.165, 1.54) is 34.4 Å². The Bertz CT molecular complexity index is 1590. The first-order valence-corrected chi connectivity index (χ1v) is 12.3. The van der Waals surface area contributed by atoms with Gasteiger partial charge in [-0.15, -0.1) is 0 Å². The first-order valence-electron chi connectivity index (χ1n) is 11.4. The number of ether oxygens (including phenoxy) is 1. The number of fused-ring (bicyclic) bond motifs is 1. The molecule has 0 aliphatic carbocycles. The highest BCUT2D eigenvalue weighted by Gasteiger charge is 2.48. The third-order valence-electron chi connectivity index (χ3n) is 6.03. The zero-order valence-corrected chi connectivity index (χ0v) is 20.7. The lowest BCUT2D eigenvalue weighted by atomic mass is 9.95. The van der Waals surface area contributed by atoms with Gasteiger partial charge < -0.3 is 9.84 Å². The molecule has 0 unspecified atom stereocenters. The van der Waals surface area contributed by atoms with Crippen molar-refractivity contribution in [1.82, 2.24) is 4.98 Å². The highest BCUT2D eigenvalue weighted by Crippen LogP contribution is 2.45. The number of rotatable bonds is 6. The lowest BCUT2D eigenvalue weighted by Gasteiger charge is -2.22. The van der Waals surface area contributed by atoms with Gasteiger partial charge in [-0.2, -0.15) is 0 Å². The normalized spacial score (nSPS) is 16.9. The number of non-ortho nitro benzene ring substituents is 1. The Morgan fingerprint density at radius 3 is 2.59 bits per heavy atom. The fourth-order valence-electron chi connectivity index (χ4n) is 4.27. The Balaban J connectivity index is 1.71. The van der Waals surface area contributed by atoms with E-state index >= 15 is 0 Å². The number of Topliss-reactive ketones (excluding diaryl/α,β-unsaturated/α-hetero) is 1. The molecule has 10 heteroatoms. The molecule has 186 valence electrons. The highest BCUT2D eigenvalue weighted by molar-refractivity contribution is 7.22. The van der Waals surface area contributed by atoms with Crippen LogP contribution in [-0.2, 0) is 9.59 Å². The van der Waals surface area contributed by atoms with Gasteiger partial charge in [-0.1, -0.05) is 53.3 Å². The van der Waals surface area contributed by atoms with Crippen molar-refractivity contribution < 1.29 is 24.4 Å². The van der Waals surface area contributed by atoms with Gasteiger partial charge in [-0.05, 0) is 37.6 Å². The topological polar surface area (TPSA) is 123 Å². The summed E-state index contributed by atoms with van der Waals surface area (Å²) in [5.41, 5.74) is 1.84. The van der Waals surface area contributed by atoms with E-state index in [0.29, 0.717) is 29.0 Å². The maximum atomic E-state index is 13.4. The minimum atomic E-state index is -1.12. The number of nitro benzene ring substituents is 1. The van der Waals surface area contributed by atoms with Crippen LogP contribution >= 0.6 is 11.3 Å². The first kappa shape index (κ1) is 24.1. The molecule has 1 saturated heterocycles. The molecule has 9 nitrogen and oxygen atoms in total. The van der Waals surface area contributed by atoms with E-state index in [2.05, 4.69) is 4.98 Å². The second-order valence-electron chi connectivity index (χ2n) is 8.45. The van der Waals surface area contributed by atoms with Crippen molar-refractivity contribution in [3.05, 3.63) is 99.1 Å². The Morgan fingerprint density at radius 2 is 1.89 bits per heavy atom. The van der Waals surface area contributed by atoms with Crippen molar-refractivity contribution in [2.24, 2.45) is 0 Å². The summed E-state index contributed by atoms with van der Waals surface area (Å²) in [7, 11) is 0. The number of carbonyl (C=O) groups excluding carboxylic acids is 2. The minimum absolute atomic E-state index is 0.163. The summed E-state index contributed by atoms with van der Waals surface area (Å²) in [4.78, 5) is 43.4. The van der Waals surface area contributed by atoms with Gasteiger partial charge in [-0.3, -0.25) is 24.6 Å². The first-order chi connectivity index (χ1) is 17.8. The number of hydrogen-bond acceptors (Lipinski definition) is 8. The van der Waals surface area contributed by atoms with E-state index < -0.39 is 22.7 Å². The number of aromatic nitrogens is 1. The van der Waals surface area contributed by atoms with E-state index in [-0.39, 0.29) is 22.2 Å². The largest absolute Gasteiger partial charge is 0.507 e. The molecule has 1 fully saturated rings. The predicted molar refractivity (Wildman–Crippen MR) is 140 cm³/mol. The van der Waals surface area contributed by atoms with Crippen LogP contribution in [0, 0.1) is 17.0 Å². The summed E-state index contributed by atoms with van der Waals surface area (Å²) in [6, 6.07) is 16.7. The third-order valence-corrected chi connectivity index (χ3v) is 7.05. The number of aliphatic hydroxyl groups excluding tert-OH is 1. The molecule has 0 radical (unpaired) electrons. The van der Waals surface area contributed by atoms with Crippen LogP contribution in [0.25, 0.3) is 16.0 Å². The quantitative estimate of drug-likeness (QED) is 0.118. The molecule has 1 atom stereocenters. The molecule has 3 aromatic carbocycles. The smallest absolute Gasteiger partial charge is 0.301 e. The van der Waals surface area contributed by atoms with Crippen LogP contribution in [-0.4, -0.2) is 33.3 Å². The van der Waals surface area contributed by atoms with Crippen molar-refractivity contribution >= 4 is 49.8 Å². The third kappa shape index (κ3) is 4.31. The van der Waals surface area contributed by atoms with Gasteiger partial charge in [0.2, 0.25) is 0 Å². The standard InChI is InChI=1S/C27H21N3O6S/c1-3-36-19-11-12-20-21(14-19)37-27(28-20)29-23(17-5-4-6-18(13-17)30(34)35)22(25(32)26(29)33)24(31)16-9-7-15(2)8-10-16/h4-14,23,31H,3H2,1-2H3/t23-/m1/s1. The average Bonchev–Trinajstić information content (AvgIpc) is 3.42. The van der Waals surface area contributed by atoms with Gasteiger partial charge in [0.15, 0.2) is 5.13 Å². The molecule has 1 N–H and O–H groups in total. The van der Waals surface area contributed by atoms with Crippen molar-refractivity contribution in [2.45, 2.75) is 19.9 Å². The van der Waals surface area contributed by atoms with Gasteiger partial charge in [0.05, 0.1) is 33.4 Å². The molecule has 37 heavy (non-hydrogen) atoms. The average molecular weight is 516 g/mol. The number of thiazole rings is 1. The van der Waals surface area contributed by atoms with Gasteiger partial charge in [0.1, 0.15) is 11.5 Å². The molecular weight excluding hydrogens is 494 g/mol. The van der Waals surface area contributed by atoms with E-state index in [1.54, 1.807) is 48.5 Å². The molecule has 1 aliphatic rings. The van der Waals surface area contributed by atoms with Gasteiger partial charge in [0, 0.05) is 17.7 Å². The van der Waals surface area contributed by atoms with Crippen LogP contribution in [0.4, 0.5) is 10.8 Å². The molecule has 0 saturated carbocycles. The number of nitrogens with zero attached hydrogens (tertiary/aromatic N) is 3. The van der Waals surface area contributed by atoms with E-state index in [4.69, 9.17) is 4.74 Å². The maximum absolute atomic E-state index is 13.4. The fraction of sp³-hybridized carbons (Fsp3) is 0.148. The minimum Gasteiger partial charge on any atom is -0.507 e. The SMILES string of the molecule is CCOc1ccc2nc(N3C(=O)C(=O)C(=C(O)c4ccc(C)cc4)[C@H]3c3cccc([N+](=O)[O-])c3)sc2c1. The number of anilines is 1. The summed E-state index contributed by atoms with van der Waals surface area (Å²) in [5, 5.41) is 22.9. The number of benzene rings is 3. The molecule has 5 rings (SSSR count). The number of carbonyl (C=O) groups is 2. The van der Waals surface area contributed by atoms with Crippen molar-refractivity contribution in [3.63, 3.8) is 0 Å². The lowest BCUT2D eigenvalue weighted by Crippen LogP contribution is -2.29. The number of aliphatic hydroxyl groups is 1. The van der Waals surface area contributed by atoms with Crippen LogP contribution in [0.1, 0.15) is 29.7 Å². The molecule has 1 aliphatic heterocycles. The second-order valence-corrected chi connectivity index (χ2v) is 9.46. The molecule has 0 spiro atoms. The molecule has 2 heterocycles. The second kappa shape index (κ2) is 9.47. The Kier molecular flexibility index (Phi) is 6.18. The lowest BCUT2D eigenvalue weighted by molar-refractivity contribution is -0.384. The zero-order valence-electron chi connectivity index (χ0n) is 19.9. The number of hydrogen-bond donors (Lipinski definition) is 1. The van der Waals surface area contributed by atoms with Gasteiger partial charge in [-0.25, -0.2) is 4.98 Å². The van der Waals surface area contributed by atoms with Crippen LogP contribution in [0.2, 0.25) is 0 Å². The Hall–Kier alpha value is -4.57. The van der Waals surface area contributed by atoms with E-state index in [9.17, 15) is 24.8 Å². The Morgan fingerprint density at radius 1 is 1.14 bits per heavy atom. The summed E-state index contributed by atoms with van der Waals surface area (Å²) >= 11 is 1.18. The molecule has 0 bridgehead atoms. The van der Waals surface area contributed by atoms with Gasteiger partial charge >= 0.3 is 5.91 Å². The van der Waals surface area contributed by atoms with Crippen LogP contribution in [0.5, 0.6) is 5.75 Å². The maximum Gasteiger partial charge on any atom is 0.301 e. The number of aryl methyl sites for hydroxylation is 1. The van der Waals surface area contributed by atoms with Crippen LogP contribution in [0.3, 0.4) is 0 Å². The van der Waals surface area contributed by atoms with Gasteiger partial charge in [0.25, 0.3) is 11.5 Å². The fourth-order valence-corrected chi connectivity index (χ4v) is 5.29. The predicted octanol–water partition coefficient (Wildman–Crippen LogP) is 5.54. The molecule has 4 aromatic rings. The number of ketones is 1. The van der Waals surface area contributed by atoms with Crippen LogP contribution < -0.4 is 9.64 Å².